The molecule has 0 fully saturated rings. The Hall–Kier alpha value is -0.300. The van der Waals surface area contributed by atoms with Gasteiger partial charge in [0.1, 0.15) is 0 Å². The standard InChI is InChI=1S/C7H15N/c1-3-4-5-6-7-8-2/h4-5,8H,3,6-7H2,1-2H3. The fourth-order valence-electron chi connectivity index (χ4n) is 0.512. The highest BCUT2D eigenvalue weighted by molar-refractivity contribution is 4.80. The molecule has 48 valence electrons. The Bertz CT molecular complexity index is 57.4. The molecule has 0 amide bonds. The van der Waals surface area contributed by atoms with Gasteiger partial charge in [-0.3, -0.25) is 0 Å². The van der Waals surface area contributed by atoms with Gasteiger partial charge in [-0.1, -0.05) is 19.1 Å². The molecule has 0 unspecified atom stereocenters. The lowest BCUT2D eigenvalue weighted by Gasteiger charge is -1.88. The van der Waals surface area contributed by atoms with Crippen LogP contribution in [-0.2, 0) is 0 Å². The van der Waals surface area contributed by atoms with Crippen LogP contribution in [-0.4, -0.2) is 13.6 Å². The number of nitrogens with one attached hydrogen (secondary N) is 1. The maximum Gasteiger partial charge on any atom is -0.00173 e. The van der Waals surface area contributed by atoms with E-state index < -0.39 is 0 Å². The van der Waals surface area contributed by atoms with Crippen molar-refractivity contribution in [2.24, 2.45) is 0 Å². The summed E-state index contributed by atoms with van der Waals surface area (Å²) in [6.07, 6.45) is 6.71. The highest BCUT2D eigenvalue weighted by Gasteiger charge is 1.72. The van der Waals surface area contributed by atoms with Crippen LogP contribution in [0.1, 0.15) is 19.8 Å². The molecule has 1 heteroatoms. The fourth-order valence-corrected chi connectivity index (χ4v) is 0.512. The second-order valence-corrected chi connectivity index (χ2v) is 1.77. The Balaban J connectivity index is 2.80. The van der Waals surface area contributed by atoms with E-state index in [1.165, 1.54) is 0 Å². The van der Waals surface area contributed by atoms with Gasteiger partial charge in [0.25, 0.3) is 0 Å². The minimum Gasteiger partial charge on any atom is -0.319 e. The molecule has 0 rings (SSSR count). The Kier molecular flexibility index (Phi) is 6.45. The molecule has 0 spiro atoms. The maximum atomic E-state index is 3.08. The first-order chi connectivity index (χ1) is 3.91. The Morgan fingerprint density at radius 3 is 2.62 bits per heavy atom. The van der Waals surface area contributed by atoms with Crippen LogP contribution >= 0.6 is 0 Å². The van der Waals surface area contributed by atoms with Crippen molar-refractivity contribution in [3.8, 4) is 0 Å². The smallest absolute Gasteiger partial charge is 0.00173 e. The molecule has 0 aliphatic heterocycles. The molecule has 0 radical (unpaired) electrons. The summed E-state index contributed by atoms with van der Waals surface area (Å²) in [6.45, 7) is 3.24. The van der Waals surface area contributed by atoms with Crippen molar-refractivity contribution in [2.75, 3.05) is 13.6 Å². The SMILES string of the molecule is CCC=CCCNC. The van der Waals surface area contributed by atoms with Crippen molar-refractivity contribution in [3.63, 3.8) is 0 Å². The molecule has 0 aliphatic rings. The molecule has 0 aromatic heterocycles. The van der Waals surface area contributed by atoms with Crippen LogP contribution < -0.4 is 5.32 Å². The summed E-state index contributed by atoms with van der Waals surface area (Å²) in [7, 11) is 1.97. The summed E-state index contributed by atoms with van der Waals surface area (Å²) in [5.41, 5.74) is 0. The second-order valence-electron chi connectivity index (χ2n) is 1.77. The molecule has 1 nitrogen and oxygen atoms in total. The molecular weight excluding hydrogens is 98.1 g/mol. The molecule has 0 bridgehead atoms. The lowest BCUT2D eigenvalue weighted by molar-refractivity contribution is 0.806. The predicted octanol–water partition coefficient (Wildman–Crippen LogP) is 1.56. The molecule has 0 aliphatic carbocycles. The molecular formula is C7H15N. The van der Waals surface area contributed by atoms with Crippen LogP contribution in [0.25, 0.3) is 0 Å². The molecule has 0 aromatic carbocycles. The van der Waals surface area contributed by atoms with E-state index in [4.69, 9.17) is 0 Å². The topological polar surface area (TPSA) is 12.0 Å². The number of hydrogen-bond donors (Lipinski definition) is 1. The predicted molar refractivity (Wildman–Crippen MR) is 38.0 cm³/mol. The molecule has 0 saturated carbocycles. The monoisotopic (exact) mass is 113 g/mol. The van der Waals surface area contributed by atoms with Crippen molar-refractivity contribution in [1.29, 1.82) is 0 Å². The Morgan fingerprint density at radius 1 is 1.38 bits per heavy atom. The minimum absolute atomic E-state index is 1.09. The number of rotatable bonds is 4. The molecule has 1 N–H and O–H groups in total. The average Bonchev–Trinajstić information content (AvgIpc) is 1.81. The van der Waals surface area contributed by atoms with E-state index in [2.05, 4.69) is 24.4 Å². The summed E-state index contributed by atoms with van der Waals surface area (Å²) < 4.78 is 0. The van der Waals surface area contributed by atoms with E-state index in [0.717, 1.165) is 19.4 Å². The largest absolute Gasteiger partial charge is 0.319 e. The lowest BCUT2D eigenvalue weighted by Crippen LogP contribution is -2.05. The summed E-state index contributed by atoms with van der Waals surface area (Å²) in [6, 6.07) is 0. The first-order valence-corrected chi connectivity index (χ1v) is 3.21. The molecule has 8 heavy (non-hydrogen) atoms. The van der Waals surface area contributed by atoms with E-state index in [1.54, 1.807) is 0 Å². The number of allylic oxidation sites excluding steroid dienone is 1. The maximum absolute atomic E-state index is 3.08. The Morgan fingerprint density at radius 2 is 2.12 bits per heavy atom. The van der Waals surface area contributed by atoms with E-state index in [-0.39, 0.29) is 0 Å². The summed E-state index contributed by atoms with van der Waals surface area (Å²) in [4.78, 5) is 0. The van der Waals surface area contributed by atoms with Crippen LogP contribution in [0, 0.1) is 0 Å². The van der Waals surface area contributed by atoms with Gasteiger partial charge in [0.15, 0.2) is 0 Å². The normalized spacial score (nSPS) is 10.8. The van der Waals surface area contributed by atoms with Gasteiger partial charge in [-0.25, -0.2) is 0 Å². The van der Waals surface area contributed by atoms with Gasteiger partial charge in [-0.05, 0) is 26.4 Å². The highest BCUT2D eigenvalue weighted by atomic mass is 14.8. The number of hydrogen-bond acceptors (Lipinski definition) is 1. The third-order valence-electron chi connectivity index (χ3n) is 0.963. The van der Waals surface area contributed by atoms with Crippen LogP contribution in [0.3, 0.4) is 0 Å². The molecule has 0 heterocycles. The third-order valence-corrected chi connectivity index (χ3v) is 0.963. The van der Waals surface area contributed by atoms with Crippen molar-refractivity contribution in [1.82, 2.24) is 5.32 Å². The van der Waals surface area contributed by atoms with Gasteiger partial charge in [-0.15, -0.1) is 0 Å². The molecule has 0 atom stereocenters. The highest BCUT2D eigenvalue weighted by Crippen LogP contribution is 1.82. The van der Waals surface area contributed by atoms with Gasteiger partial charge in [-0.2, -0.15) is 0 Å². The van der Waals surface area contributed by atoms with Crippen LogP contribution in [0.2, 0.25) is 0 Å². The molecule has 0 saturated heterocycles. The van der Waals surface area contributed by atoms with Gasteiger partial charge < -0.3 is 5.32 Å². The van der Waals surface area contributed by atoms with E-state index in [1.807, 2.05) is 7.05 Å². The van der Waals surface area contributed by atoms with Gasteiger partial charge >= 0.3 is 0 Å². The zero-order valence-corrected chi connectivity index (χ0v) is 5.78. The first-order valence-electron chi connectivity index (χ1n) is 3.21. The summed E-state index contributed by atoms with van der Waals surface area (Å²) >= 11 is 0. The average molecular weight is 113 g/mol. The van der Waals surface area contributed by atoms with Crippen molar-refractivity contribution in [3.05, 3.63) is 12.2 Å². The van der Waals surface area contributed by atoms with Crippen LogP contribution in [0.5, 0.6) is 0 Å². The van der Waals surface area contributed by atoms with Gasteiger partial charge in [0.2, 0.25) is 0 Å². The van der Waals surface area contributed by atoms with Gasteiger partial charge in [0, 0.05) is 0 Å². The van der Waals surface area contributed by atoms with Crippen molar-refractivity contribution >= 4 is 0 Å². The quantitative estimate of drug-likeness (QED) is 0.431. The van der Waals surface area contributed by atoms with Crippen LogP contribution in [0.4, 0.5) is 0 Å². The summed E-state index contributed by atoms with van der Waals surface area (Å²) in [5.74, 6) is 0. The van der Waals surface area contributed by atoms with Crippen molar-refractivity contribution < 1.29 is 0 Å². The van der Waals surface area contributed by atoms with Gasteiger partial charge in [0.05, 0.1) is 0 Å². The lowest BCUT2D eigenvalue weighted by atomic mass is 10.3. The fraction of sp³-hybridized carbons (Fsp3) is 0.714. The first kappa shape index (κ1) is 7.70. The zero-order chi connectivity index (χ0) is 6.24. The zero-order valence-electron chi connectivity index (χ0n) is 5.78. The summed E-state index contributed by atoms with van der Waals surface area (Å²) in [5, 5.41) is 3.08. The minimum atomic E-state index is 1.09. The van der Waals surface area contributed by atoms with Crippen LogP contribution in [0.15, 0.2) is 12.2 Å². The van der Waals surface area contributed by atoms with E-state index in [0.29, 0.717) is 0 Å². The molecule has 0 aromatic rings. The third kappa shape index (κ3) is 5.70. The van der Waals surface area contributed by atoms with Crippen molar-refractivity contribution in [2.45, 2.75) is 19.8 Å². The second kappa shape index (κ2) is 6.70. The Labute approximate surface area is 51.8 Å². The van der Waals surface area contributed by atoms with E-state index in [9.17, 15) is 0 Å². The van der Waals surface area contributed by atoms with E-state index >= 15 is 0 Å².